The van der Waals surface area contributed by atoms with Crippen molar-refractivity contribution in [2.45, 2.75) is 26.4 Å². The molecule has 0 aromatic carbocycles. The zero-order chi connectivity index (χ0) is 17.1. The van der Waals surface area contributed by atoms with Crippen molar-refractivity contribution in [2.75, 3.05) is 26.2 Å². The molecule has 0 spiro atoms. The monoisotopic (exact) mass is 331 g/mol. The minimum Gasteiger partial charge on any atom is -0.376 e. The first-order chi connectivity index (χ1) is 11.5. The quantitative estimate of drug-likeness (QED) is 0.883. The average molecular weight is 331 g/mol. The summed E-state index contributed by atoms with van der Waals surface area (Å²) in [5.41, 5.74) is 0.563. The van der Waals surface area contributed by atoms with Crippen LogP contribution in [-0.4, -0.2) is 54.0 Å². The predicted molar refractivity (Wildman–Crippen MR) is 89.3 cm³/mol. The smallest absolute Gasteiger partial charge is 0.252 e. The molecule has 3 atom stereocenters. The Morgan fingerprint density at radius 3 is 2.96 bits per heavy atom. The zero-order valence-corrected chi connectivity index (χ0v) is 14.3. The first kappa shape index (κ1) is 16.9. The van der Waals surface area contributed by atoms with Crippen LogP contribution in [0.5, 0.6) is 0 Å². The van der Waals surface area contributed by atoms with E-state index in [-0.39, 0.29) is 23.8 Å². The number of pyridine rings is 1. The van der Waals surface area contributed by atoms with Crippen molar-refractivity contribution in [1.82, 2.24) is 15.2 Å². The fourth-order valence-electron chi connectivity index (χ4n) is 3.51. The van der Waals surface area contributed by atoms with Crippen molar-refractivity contribution in [3.63, 3.8) is 0 Å². The minimum atomic E-state index is -0.114. The van der Waals surface area contributed by atoms with E-state index in [1.807, 2.05) is 4.90 Å². The van der Waals surface area contributed by atoms with Crippen LogP contribution < -0.4 is 5.32 Å². The minimum absolute atomic E-state index is 0.112. The van der Waals surface area contributed by atoms with Crippen LogP contribution in [0.15, 0.2) is 24.5 Å². The molecule has 2 saturated heterocycles. The Hall–Kier alpha value is -1.95. The highest BCUT2D eigenvalue weighted by atomic mass is 16.5. The maximum absolute atomic E-state index is 12.2. The molecule has 1 aromatic heterocycles. The van der Waals surface area contributed by atoms with Crippen molar-refractivity contribution in [1.29, 1.82) is 0 Å². The van der Waals surface area contributed by atoms with Gasteiger partial charge in [-0.1, -0.05) is 13.8 Å². The highest BCUT2D eigenvalue weighted by Crippen LogP contribution is 2.33. The molecule has 3 rings (SSSR count). The number of hydrogen-bond donors (Lipinski definition) is 1. The number of hydrogen-bond acceptors (Lipinski definition) is 4. The SMILES string of the molecule is CC(C)CC(=O)N1C[C@@H]2[C@H](CNC(=O)c3cccnc3)CO[C@@H]2C1. The van der Waals surface area contributed by atoms with Gasteiger partial charge in [-0.3, -0.25) is 14.6 Å². The van der Waals surface area contributed by atoms with Crippen molar-refractivity contribution < 1.29 is 14.3 Å². The van der Waals surface area contributed by atoms with E-state index < -0.39 is 0 Å². The lowest BCUT2D eigenvalue weighted by Crippen LogP contribution is -2.35. The van der Waals surface area contributed by atoms with E-state index >= 15 is 0 Å². The molecule has 2 aliphatic heterocycles. The lowest BCUT2D eigenvalue weighted by atomic mass is 9.93. The lowest BCUT2D eigenvalue weighted by Gasteiger charge is -2.21. The summed E-state index contributed by atoms with van der Waals surface area (Å²) in [6, 6.07) is 3.50. The molecule has 0 bridgehead atoms. The maximum Gasteiger partial charge on any atom is 0.252 e. The molecule has 0 saturated carbocycles. The summed E-state index contributed by atoms with van der Waals surface area (Å²) < 4.78 is 5.86. The number of likely N-dealkylation sites (tertiary alicyclic amines) is 1. The number of aromatic nitrogens is 1. The molecule has 0 unspecified atom stereocenters. The van der Waals surface area contributed by atoms with Gasteiger partial charge in [0, 0.05) is 50.3 Å². The maximum atomic E-state index is 12.2. The van der Waals surface area contributed by atoms with Crippen molar-refractivity contribution in [2.24, 2.45) is 17.8 Å². The first-order valence-corrected chi connectivity index (χ1v) is 8.62. The number of carbonyl (C=O) groups excluding carboxylic acids is 2. The van der Waals surface area contributed by atoms with Gasteiger partial charge < -0.3 is 15.0 Å². The molecule has 1 N–H and O–H groups in total. The van der Waals surface area contributed by atoms with Crippen LogP contribution in [0.2, 0.25) is 0 Å². The van der Waals surface area contributed by atoms with Crippen LogP contribution in [0.3, 0.4) is 0 Å². The number of nitrogens with one attached hydrogen (secondary N) is 1. The summed E-state index contributed by atoms with van der Waals surface area (Å²) in [4.78, 5) is 30.3. The van der Waals surface area contributed by atoms with Crippen LogP contribution in [0.1, 0.15) is 30.6 Å². The van der Waals surface area contributed by atoms with Crippen molar-refractivity contribution >= 4 is 11.8 Å². The standard InChI is InChI=1S/C18H25N3O3/c1-12(2)6-17(22)21-9-15-14(11-24-16(15)10-21)8-20-18(23)13-4-3-5-19-7-13/h3-5,7,12,14-16H,6,8-11H2,1-2H3,(H,20,23)/t14-,15-,16-/m1/s1. The van der Waals surface area contributed by atoms with Gasteiger partial charge in [0.25, 0.3) is 5.91 Å². The molecule has 1 aromatic rings. The fourth-order valence-corrected chi connectivity index (χ4v) is 3.51. The van der Waals surface area contributed by atoms with Gasteiger partial charge in [-0.25, -0.2) is 0 Å². The van der Waals surface area contributed by atoms with E-state index in [2.05, 4.69) is 24.1 Å². The molecule has 6 heteroatoms. The average Bonchev–Trinajstić information content (AvgIpc) is 3.14. The molecular formula is C18H25N3O3. The van der Waals surface area contributed by atoms with E-state index in [0.717, 1.165) is 6.54 Å². The van der Waals surface area contributed by atoms with Gasteiger partial charge in [-0.2, -0.15) is 0 Å². The summed E-state index contributed by atoms with van der Waals surface area (Å²) in [7, 11) is 0. The number of amides is 2. The zero-order valence-electron chi connectivity index (χ0n) is 14.3. The Morgan fingerprint density at radius 1 is 1.42 bits per heavy atom. The lowest BCUT2D eigenvalue weighted by molar-refractivity contribution is -0.131. The second-order valence-corrected chi connectivity index (χ2v) is 7.14. The van der Waals surface area contributed by atoms with Gasteiger partial charge in [0.15, 0.2) is 0 Å². The molecule has 0 aliphatic carbocycles. The molecule has 6 nitrogen and oxygen atoms in total. The number of fused-ring (bicyclic) bond motifs is 1. The van der Waals surface area contributed by atoms with E-state index in [9.17, 15) is 9.59 Å². The highest BCUT2D eigenvalue weighted by molar-refractivity contribution is 5.93. The van der Waals surface area contributed by atoms with Gasteiger partial charge in [0.05, 0.1) is 18.3 Å². The Bertz CT molecular complexity index is 590. The van der Waals surface area contributed by atoms with E-state index in [1.54, 1.807) is 24.5 Å². The summed E-state index contributed by atoms with van der Waals surface area (Å²) in [6.07, 6.45) is 3.90. The Morgan fingerprint density at radius 2 is 2.25 bits per heavy atom. The summed E-state index contributed by atoms with van der Waals surface area (Å²) >= 11 is 0. The van der Waals surface area contributed by atoms with Crippen LogP contribution in [0, 0.1) is 17.8 Å². The third-order valence-corrected chi connectivity index (χ3v) is 4.82. The Balaban J connectivity index is 1.52. The summed E-state index contributed by atoms with van der Waals surface area (Å²) in [5, 5.41) is 2.97. The Kier molecular flexibility index (Phi) is 5.14. The van der Waals surface area contributed by atoms with Gasteiger partial charge >= 0.3 is 0 Å². The van der Waals surface area contributed by atoms with E-state index in [0.29, 0.717) is 43.5 Å². The van der Waals surface area contributed by atoms with Crippen LogP contribution in [-0.2, 0) is 9.53 Å². The van der Waals surface area contributed by atoms with Crippen LogP contribution >= 0.6 is 0 Å². The number of nitrogens with zero attached hydrogens (tertiary/aromatic N) is 2. The van der Waals surface area contributed by atoms with Crippen LogP contribution in [0.4, 0.5) is 0 Å². The van der Waals surface area contributed by atoms with Gasteiger partial charge in [-0.05, 0) is 18.1 Å². The van der Waals surface area contributed by atoms with Crippen molar-refractivity contribution in [3.8, 4) is 0 Å². The molecular weight excluding hydrogens is 306 g/mol. The number of carbonyl (C=O) groups is 2. The van der Waals surface area contributed by atoms with E-state index in [4.69, 9.17) is 4.74 Å². The second kappa shape index (κ2) is 7.30. The molecule has 0 radical (unpaired) electrons. The summed E-state index contributed by atoms with van der Waals surface area (Å²) in [5.74, 6) is 1.04. The molecule has 130 valence electrons. The topological polar surface area (TPSA) is 71.5 Å². The van der Waals surface area contributed by atoms with Gasteiger partial charge in [0.1, 0.15) is 0 Å². The second-order valence-electron chi connectivity index (χ2n) is 7.14. The Labute approximate surface area is 142 Å². The number of rotatable bonds is 5. The predicted octanol–water partition coefficient (Wildman–Crippen LogP) is 1.33. The normalized spacial score (nSPS) is 25.8. The molecule has 2 aliphatic rings. The van der Waals surface area contributed by atoms with Gasteiger partial charge in [-0.15, -0.1) is 0 Å². The largest absolute Gasteiger partial charge is 0.376 e. The molecule has 24 heavy (non-hydrogen) atoms. The highest BCUT2D eigenvalue weighted by Gasteiger charge is 2.45. The van der Waals surface area contributed by atoms with Crippen LogP contribution in [0.25, 0.3) is 0 Å². The number of ether oxygens (including phenoxy) is 1. The van der Waals surface area contributed by atoms with Crippen molar-refractivity contribution in [3.05, 3.63) is 30.1 Å². The summed E-state index contributed by atoms with van der Waals surface area (Å²) in [6.45, 7) is 6.76. The first-order valence-electron chi connectivity index (χ1n) is 8.62. The molecule has 2 amide bonds. The third kappa shape index (κ3) is 3.75. The molecule has 3 heterocycles. The third-order valence-electron chi connectivity index (χ3n) is 4.82. The molecule has 2 fully saturated rings. The van der Waals surface area contributed by atoms with Gasteiger partial charge in [0.2, 0.25) is 5.91 Å². The fraction of sp³-hybridized carbons (Fsp3) is 0.611. The van der Waals surface area contributed by atoms with E-state index in [1.165, 1.54) is 0 Å².